The highest BCUT2D eigenvalue weighted by Crippen LogP contribution is 2.32. The van der Waals surface area contributed by atoms with Gasteiger partial charge in [-0.15, -0.1) is 0 Å². The smallest absolute Gasteiger partial charge is 0.287 e. The van der Waals surface area contributed by atoms with E-state index >= 15 is 0 Å². The van der Waals surface area contributed by atoms with E-state index in [2.05, 4.69) is 40.2 Å². The fraction of sp³-hybridized carbons (Fsp3) is 0.0385. The first-order valence-electron chi connectivity index (χ1n) is 9.82. The van der Waals surface area contributed by atoms with Gasteiger partial charge in [0.05, 0.1) is 23.3 Å². The van der Waals surface area contributed by atoms with Crippen LogP contribution in [0.25, 0.3) is 27.8 Å². The van der Waals surface area contributed by atoms with Crippen molar-refractivity contribution in [3.05, 3.63) is 124 Å². The number of halogens is 1. The second-order valence-electron chi connectivity index (χ2n) is 7.17. The van der Waals surface area contributed by atoms with Crippen LogP contribution < -0.4 is 5.69 Å². The maximum Gasteiger partial charge on any atom is 0.334 e. The molecule has 4 aromatic carbocycles. The molecule has 4 heteroatoms. The maximum absolute atomic E-state index is 13.5. The molecule has 0 aliphatic heterocycles. The van der Waals surface area contributed by atoms with Gasteiger partial charge in [-0.05, 0) is 56.9 Å². The first-order chi connectivity index (χ1) is 14.7. The van der Waals surface area contributed by atoms with E-state index in [0.29, 0.717) is 6.54 Å². The summed E-state index contributed by atoms with van der Waals surface area (Å²) in [4.78, 5) is 13.5. The van der Waals surface area contributed by atoms with Gasteiger partial charge in [0.1, 0.15) is 0 Å². The largest absolute Gasteiger partial charge is 0.334 e. The van der Waals surface area contributed by atoms with Gasteiger partial charge in [0, 0.05) is 4.47 Å². The number of fused-ring (bicyclic) bond motifs is 1. The van der Waals surface area contributed by atoms with Crippen LogP contribution in [0.3, 0.4) is 0 Å². The molecule has 0 N–H and O–H groups in total. The number of nitrogens with zero attached hydrogens (tertiary/aromatic N) is 2. The molecule has 5 rings (SSSR count). The molecule has 0 amide bonds. The Labute approximate surface area is 183 Å². The minimum Gasteiger partial charge on any atom is -0.287 e. The molecule has 0 saturated carbocycles. The fourth-order valence-electron chi connectivity index (χ4n) is 3.90. The Balaban J connectivity index is 1.66. The van der Waals surface area contributed by atoms with Gasteiger partial charge in [0.15, 0.2) is 0 Å². The van der Waals surface area contributed by atoms with Gasteiger partial charge in [-0.25, -0.2) is 4.79 Å². The van der Waals surface area contributed by atoms with Crippen molar-refractivity contribution in [2.75, 3.05) is 0 Å². The molecule has 3 nitrogen and oxygen atoms in total. The highest BCUT2D eigenvalue weighted by atomic mass is 79.9. The van der Waals surface area contributed by atoms with Crippen LogP contribution in [-0.4, -0.2) is 9.13 Å². The number of hydrogen-bond donors (Lipinski definition) is 0. The van der Waals surface area contributed by atoms with E-state index < -0.39 is 0 Å². The summed E-state index contributed by atoms with van der Waals surface area (Å²) in [5.41, 5.74) is 5.98. The third-order valence-corrected chi connectivity index (χ3v) is 6.28. The number of imidazole rings is 1. The minimum absolute atomic E-state index is 0.0422. The summed E-state index contributed by atoms with van der Waals surface area (Å²) in [6.07, 6.45) is 0. The molecule has 0 saturated heterocycles. The molecule has 146 valence electrons. The molecule has 0 fully saturated rings. The quantitative estimate of drug-likeness (QED) is 0.314. The van der Waals surface area contributed by atoms with E-state index in [1.54, 1.807) is 4.57 Å². The van der Waals surface area contributed by atoms with Crippen LogP contribution in [0.1, 0.15) is 5.56 Å². The number of aromatic nitrogens is 2. The first-order valence-corrected chi connectivity index (χ1v) is 10.6. The van der Waals surface area contributed by atoms with Crippen molar-refractivity contribution in [2.45, 2.75) is 6.54 Å². The lowest BCUT2D eigenvalue weighted by molar-refractivity contribution is 0.761. The SMILES string of the molecule is O=c1n(Cc2cccc(-c3ccccc3)c2Br)c2ccccc2n1-c1ccccc1. The zero-order valence-corrected chi connectivity index (χ0v) is 17.8. The molecule has 0 unspecified atom stereocenters. The number of hydrogen-bond acceptors (Lipinski definition) is 1. The molecule has 0 bridgehead atoms. The van der Waals surface area contributed by atoms with Crippen LogP contribution in [0.5, 0.6) is 0 Å². The Bertz CT molecular complexity index is 1390. The number of rotatable bonds is 4. The van der Waals surface area contributed by atoms with Crippen LogP contribution >= 0.6 is 15.9 Å². The van der Waals surface area contributed by atoms with Crippen molar-refractivity contribution in [3.8, 4) is 16.8 Å². The van der Waals surface area contributed by atoms with Gasteiger partial charge in [0.25, 0.3) is 0 Å². The van der Waals surface area contributed by atoms with E-state index in [0.717, 1.165) is 37.9 Å². The molecule has 0 aliphatic rings. The molecule has 0 atom stereocenters. The van der Waals surface area contributed by atoms with E-state index in [4.69, 9.17) is 0 Å². The predicted octanol–water partition coefficient (Wildman–Crippen LogP) is 6.27. The van der Waals surface area contributed by atoms with Gasteiger partial charge >= 0.3 is 5.69 Å². The maximum atomic E-state index is 13.5. The number of benzene rings is 4. The average Bonchev–Trinajstić information content (AvgIpc) is 3.07. The second-order valence-corrected chi connectivity index (χ2v) is 7.97. The van der Waals surface area contributed by atoms with E-state index in [9.17, 15) is 4.79 Å². The Morgan fingerprint density at radius 3 is 2.03 bits per heavy atom. The van der Waals surface area contributed by atoms with Crippen LogP contribution in [0, 0.1) is 0 Å². The molecule has 30 heavy (non-hydrogen) atoms. The second kappa shape index (κ2) is 7.81. The van der Waals surface area contributed by atoms with E-state index in [-0.39, 0.29) is 5.69 Å². The van der Waals surface area contributed by atoms with Crippen molar-refractivity contribution in [1.82, 2.24) is 9.13 Å². The van der Waals surface area contributed by atoms with Gasteiger partial charge in [-0.2, -0.15) is 0 Å². The third kappa shape index (κ3) is 3.19. The normalized spacial score (nSPS) is 11.1. The average molecular weight is 455 g/mol. The van der Waals surface area contributed by atoms with Gasteiger partial charge in [0.2, 0.25) is 0 Å². The lowest BCUT2D eigenvalue weighted by Gasteiger charge is -2.11. The van der Waals surface area contributed by atoms with Gasteiger partial charge in [-0.3, -0.25) is 9.13 Å². The minimum atomic E-state index is -0.0422. The Hall–Kier alpha value is -3.37. The topological polar surface area (TPSA) is 26.9 Å². The molecule has 1 heterocycles. The van der Waals surface area contributed by atoms with Crippen LogP contribution in [0.4, 0.5) is 0 Å². The Morgan fingerprint density at radius 1 is 0.667 bits per heavy atom. The molecule has 0 spiro atoms. The summed E-state index contributed by atoms with van der Waals surface area (Å²) in [5.74, 6) is 0. The molecule has 0 aliphatic carbocycles. The Morgan fingerprint density at radius 2 is 1.30 bits per heavy atom. The third-order valence-electron chi connectivity index (χ3n) is 5.34. The lowest BCUT2D eigenvalue weighted by Crippen LogP contribution is -2.23. The van der Waals surface area contributed by atoms with Crippen molar-refractivity contribution in [2.24, 2.45) is 0 Å². The fourth-order valence-corrected chi connectivity index (χ4v) is 4.52. The van der Waals surface area contributed by atoms with Crippen LogP contribution in [0.15, 0.2) is 112 Å². The zero-order valence-electron chi connectivity index (χ0n) is 16.2. The van der Waals surface area contributed by atoms with Crippen molar-refractivity contribution >= 4 is 27.0 Å². The van der Waals surface area contributed by atoms with Crippen LogP contribution in [-0.2, 0) is 6.54 Å². The molecular weight excluding hydrogens is 436 g/mol. The van der Waals surface area contributed by atoms with Crippen molar-refractivity contribution < 1.29 is 0 Å². The Kier molecular flexibility index (Phi) is 4.85. The summed E-state index contributed by atoms with van der Waals surface area (Å²) in [5, 5.41) is 0. The summed E-state index contributed by atoms with van der Waals surface area (Å²) in [7, 11) is 0. The zero-order chi connectivity index (χ0) is 20.5. The van der Waals surface area contributed by atoms with Crippen molar-refractivity contribution in [1.29, 1.82) is 0 Å². The molecular formula is C26H19BrN2O. The van der Waals surface area contributed by atoms with Crippen LogP contribution in [0.2, 0.25) is 0 Å². The monoisotopic (exact) mass is 454 g/mol. The first kappa shape index (κ1) is 18.6. The highest BCUT2D eigenvalue weighted by Gasteiger charge is 2.16. The van der Waals surface area contributed by atoms with Crippen molar-refractivity contribution in [3.63, 3.8) is 0 Å². The summed E-state index contributed by atoms with van der Waals surface area (Å²) >= 11 is 3.79. The standard InChI is InChI=1S/C26H19BrN2O/c27-25-20(12-9-15-22(25)19-10-3-1-4-11-19)18-28-23-16-7-8-17-24(23)29(26(28)30)21-13-5-2-6-14-21/h1-17H,18H2. The highest BCUT2D eigenvalue weighted by molar-refractivity contribution is 9.10. The predicted molar refractivity (Wildman–Crippen MR) is 126 cm³/mol. The molecule has 5 aromatic rings. The lowest BCUT2D eigenvalue weighted by atomic mass is 10.0. The number of para-hydroxylation sites is 3. The molecule has 1 aromatic heterocycles. The van der Waals surface area contributed by atoms with Gasteiger partial charge in [-0.1, -0.05) is 78.9 Å². The van der Waals surface area contributed by atoms with Gasteiger partial charge < -0.3 is 0 Å². The van der Waals surface area contributed by atoms with E-state index in [1.165, 1.54) is 0 Å². The van der Waals surface area contributed by atoms with E-state index in [1.807, 2.05) is 83.4 Å². The summed E-state index contributed by atoms with van der Waals surface area (Å²) in [6.45, 7) is 0.487. The summed E-state index contributed by atoms with van der Waals surface area (Å²) in [6, 6.07) is 34.2. The molecule has 0 radical (unpaired) electrons. The summed E-state index contributed by atoms with van der Waals surface area (Å²) < 4.78 is 4.64.